The van der Waals surface area contributed by atoms with Crippen molar-refractivity contribution in [3.8, 4) is 5.75 Å². The number of methoxy groups -OCH3 is 1. The van der Waals surface area contributed by atoms with Crippen LogP contribution in [0.15, 0.2) is 18.2 Å². The van der Waals surface area contributed by atoms with Gasteiger partial charge in [0.25, 0.3) is 0 Å². The molecule has 2 N–H and O–H groups in total. The standard InChI is InChI=1S/C14H17ClN2O/c1-18-14-7-9-6-13(11-4-2-3-5-16-11)17-12(9)8-10(14)15/h6-8,11,16-17H,2-5H2,1H3. The molecule has 0 aliphatic carbocycles. The van der Waals surface area contributed by atoms with Crippen molar-refractivity contribution in [3.05, 3.63) is 28.9 Å². The first-order valence-electron chi connectivity index (χ1n) is 6.37. The number of ether oxygens (including phenoxy) is 1. The first-order valence-corrected chi connectivity index (χ1v) is 6.75. The Morgan fingerprint density at radius 1 is 1.28 bits per heavy atom. The molecule has 1 unspecified atom stereocenters. The molecule has 2 aromatic rings. The Morgan fingerprint density at radius 3 is 2.89 bits per heavy atom. The smallest absolute Gasteiger partial charge is 0.138 e. The number of hydrogen-bond acceptors (Lipinski definition) is 2. The van der Waals surface area contributed by atoms with Crippen molar-refractivity contribution in [2.45, 2.75) is 25.3 Å². The Labute approximate surface area is 111 Å². The fraction of sp³-hybridized carbons (Fsp3) is 0.429. The zero-order chi connectivity index (χ0) is 12.5. The molecule has 3 nitrogen and oxygen atoms in total. The van der Waals surface area contributed by atoms with Crippen LogP contribution in [-0.2, 0) is 0 Å². The summed E-state index contributed by atoms with van der Waals surface area (Å²) in [4.78, 5) is 3.45. The Hall–Kier alpha value is -1.19. The van der Waals surface area contributed by atoms with Crippen molar-refractivity contribution in [1.29, 1.82) is 0 Å². The lowest BCUT2D eigenvalue weighted by Gasteiger charge is -2.22. The van der Waals surface area contributed by atoms with E-state index in [1.165, 1.54) is 25.0 Å². The van der Waals surface area contributed by atoms with Crippen LogP contribution < -0.4 is 10.1 Å². The van der Waals surface area contributed by atoms with Crippen molar-refractivity contribution in [1.82, 2.24) is 10.3 Å². The highest BCUT2D eigenvalue weighted by Crippen LogP contribution is 2.32. The third kappa shape index (κ3) is 2.08. The van der Waals surface area contributed by atoms with Crippen LogP contribution >= 0.6 is 11.6 Å². The zero-order valence-electron chi connectivity index (χ0n) is 10.4. The molecule has 1 aromatic carbocycles. The number of nitrogens with one attached hydrogen (secondary N) is 2. The van der Waals surface area contributed by atoms with Gasteiger partial charge in [0.1, 0.15) is 5.75 Å². The van der Waals surface area contributed by atoms with Crippen LogP contribution in [0, 0.1) is 0 Å². The molecule has 96 valence electrons. The van der Waals surface area contributed by atoms with Crippen molar-refractivity contribution in [2.75, 3.05) is 13.7 Å². The molecule has 0 bridgehead atoms. The molecule has 1 atom stereocenters. The molecule has 2 heterocycles. The molecular formula is C14H17ClN2O. The molecule has 3 rings (SSSR count). The maximum Gasteiger partial charge on any atom is 0.138 e. The zero-order valence-corrected chi connectivity index (χ0v) is 11.2. The summed E-state index contributed by atoms with van der Waals surface area (Å²) in [5.74, 6) is 0.728. The minimum Gasteiger partial charge on any atom is -0.495 e. The molecule has 1 aliphatic heterocycles. The van der Waals surface area contributed by atoms with Crippen LogP contribution in [0.1, 0.15) is 31.0 Å². The number of halogens is 1. The number of benzene rings is 1. The van der Waals surface area contributed by atoms with Gasteiger partial charge >= 0.3 is 0 Å². The normalized spacial score (nSPS) is 20.2. The number of piperidine rings is 1. The van der Waals surface area contributed by atoms with Crippen molar-refractivity contribution in [2.24, 2.45) is 0 Å². The highest BCUT2D eigenvalue weighted by atomic mass is 35.5. The Kier molecular flexibility index (Phi) is 3.18. The molecule has 18 heavy (non-hydrogen) atoms. The van der Waals surface area contributed by atoms with E-state index in [-0.39, 0.29) is 0 Å². The fourth-order valence-electron chi connectivity index (χ4n) is 2.62. The van der Waals surface area contributed by atoms with E-state index < -0.39 is 0 Å². The Balaban J connectivity index is 1.99. The Bertz CT molecular complexity index is 558. The van der Waals surface area contributed by atoms with E-state index >= 15 is 0 Å². The lowest BCUT2D eigenvalue weighted by atomic mass is 10.0. The van der Waals surface area contributed by atoms with Crippen LogP contribution in [-0.4, -0.2) is 18.6 Å². The molecule has 1 saturated heterocycles. The van der Waals surface area contributed by atoms with Crippen molar-refractivity contribution >= 4 is 22.5 Å². The summed E-state index contributed by atoms with van der Waals surface area (Å²) < 4.78 is 5.25. The minimum absolute atomic E-state index is 0.441. The van der Waals surface area contributed by atoms with E-state index in [1.54, 1.807) is 7.11 Å². The summed E-state index contributed by atoms with van der Waals surface area (Å²) in [5.41, 5.74) is 2.32. The van der Waals surface area contributed by atoms with Gasteiger partial charge in [-0.05, 0) is 37.6 Å². The van der Waals surface area contributed by atoms with Crippen LogP contribution in [0.3, 0.4) is 0 Å². The molecule has 1 fully saturated rings. The van der Waals surface area contributed by atoms with Crippen molar-refractivity contribution < 1.29 is 4.74 Å². The van der Waals surface area contributed by atoms with Gasteiger partial charge in [0.2, 0.25) is 0 Å². The highest BCUT2D eigenvalue weighted by Gasteiger charge is 2.17. The van der Waals surface area contributed by atoms with E-state index in [4.69, 9.17) is 16.3 Å². The van der Waals surface area contributed by atoms with Crippen molar-refractivity contribution in [3.63, 3.8) is 0 Å². The monoisotopic (exact) mass is 264 g/mol. The number of H-pyrrole nitrogens is 1. The predicted octanol–water partition coefficient (Wildman–Crippen LogP) is 3.64. The quantitative estimate of drug-likeness (QED) is 0.869. The maximum atomic E-state index is 6.14. The summed E-state index contributed by atoms with van der Waals surface area (Å²) in [6.07, 6.45) is 3.76. The summed E-state index contributed by atoms with van der Waals surface area (Å²) in [5, 5.41) is 5.34. The molecule has 0 saturated carbocycles. The van der Waals surface area contributed by atoms with Gasteiger partial charge in [0.15, 0.2) is 0 Å². The molecule has 0 radical (unpaired) electrons. The van der Waals surface area contributed by atoms with Crippen LogP contribution in [0.5, 0.6) is 5.75 Å². The lowest BCUT2D eigenvalue weighted by Crippen LogP contribution is -2.26. The number of rotatable bonds is 2. The second-order valence-electron chi connectivity index (χ2n) is 4.80. The van der Waals surface area contributed by atoms with Crippen LogP contribution in [0.4, 0.5) is 0 Å². The van der Waals surface area contributed by atoms with Gasteiger partial charge < -0.3 is 15.0 Å². The second-order valence-corrected chi connectivity index (χ2v) is 5.21. The third-order valence-corrected chi connectivity index (χ3v) is 3.90. The van der Waals surface area contributed by atoms with Gasteiger partial charge in [-0.2, -0.15) is 0 Å². The van der Waals surface area contributed by atoms with Gasteiger partial charge in [-0.1, -0.05) is 18.0 Å². The average molecular weight is 265 g/mol. The summed E-state index contributed by atoms with van der Waals surface area (Å²) in [7, 11) is 1.64. The summed E-state index contributed by atoms with van der Waals surface area (Å²) in [6.45, 7) is 1.10. The van der Waals surface area contributed by atoms with Gasteiger partial charge in [0.05, 0.1) is 12.1 Å². The van der Waals surface area contributed by atoms with Crippen LogP contribution in [0.2, 0.25) is 5.02 Å². The third-order valence-electron chi connectivity index (χ3n) is 3.60. The fourth-order valence-corrected chi connectivity index (χ4v) is 2.86. The van der Waals surface area contributed by atoms with Gasteiger partial charge in [-0.25, -0.2) is 0 Å². The molecule has 1 aliphatic rings. The van der Waals surface area contributed by atoms with Gasteiger partial charge in [-0.15, -0.1) is 0 Å². The molecular weight excluding hydrogens is 248 g/mol. The molecule has 0 spiro atoms. The molecule has 4 heteroatoms. The molecule has 1 aromatic heterocycles. The first kappa shape index (κ1) is 11.9. The maximum absolute atomic E-state index is 6.14. The minimum atomic E-state index is 0.441. The SMILES string of the molecule is COc1cc2cc(C3CCCCN3)[nH]c2cc1Cl. The number of aromatic nitrogens is 1. The van der Waals surface area contributed by atoms with E-state index in [0.717, 1.165) is 23.2 Å². The summed E-state index contributed by atoms with van der Waals surface area (Å²) >= 11 is 6.14. The number of hydrogen-bond donors (Lipinski definition) is 2. The van der Waals surface area contributed by atoms with E-state index in [0.29, 0.717) is 11.1 Å². The second kappa shape index (κ2) is 4.82. The summed E-state index contributed by atoms with van der Waals surface area (Å²) in [6, 6.07) is 6.55. The number of aromatic amines is 1. The average Bonchev–Trinajstić information content (AvgIpc) is 2.81. The lowest BCUT2D eigenvalue weighted by molar-refractivity contribution is 0.407. The molecule has 0 amide bonds. The van der Waals surface area contributed by atoms with Gasteiger partial charge in [0, 0.05) is 22.6 Å². The van der Waals surface area contributed by atoms with E-state index in [9.17, 15) is 0 Å². The van der Waals surface area contributed by atoms with Crippen LogP contribution in [0.25, 0.3) is 10.9 Å². The van der Waals surface area contributed by atoms with E-state index in [2.05, 4.69) is 16.4 Å². The predicted molar refractivity (Wildman–Crippen MR) is 74.5 cm³/mol. The Morgan fingerprint density at radius 2 is 2.17 bits per heavy atom. The first-order chi connectivity index (χ1) is 8.78. The van der Waals surface area contributed by atoms with E-state index in [1.807, 2.05) is 12.1 Å². The highest BCUT2D eigenvalue weighted by molar-refractivity contribution is 6.32. The topological polar surface area (TPSA) is 37.0 Å². The number of fused-ring (bicyclic) bond motifs is 1. The van der Waals surface area contributed by atoms with Gasteiger partial charge in [-0.3, -0.25) is 0 Å². The largest absolute Gasteiger partial charge is 0.495 e.